The topological polar surface area (TPSA) is 20.3 Å². The Bertz CT molecular complexity index is 131. The van der Waals surface area contributed by atoms with Crippen LogP contribution in [0.4, 0.5) is 13.2 Å². The van der Waals surface area contributed by atoms with Crippen molar-refractivity contribution in [2.24, 2.45) is 0 Å². The highest BCUT2D eigenvalue weighted by Gasteiger charge is 2.29. The molecule has 0 aliphatic heterocycles. The van der Waals surface area contributed by atoms with Gasteiger partial charge in [0, 0.05) is 14.0 Å². The van der Waals surface area contributed by atoms with Gasteiger partial charge in [-0.1, -0.05) is 0 Å². The van der Waals surface area contributed by atoms with E-state index in [0.717, 1.165) is 14.0 Å². The largest absolute Gasteiger partial charge is 0.406 e. The monoisotopic (exact) mass is 155 g/mol. The van der Waals surface area contributed by atoms with Gasteiger partial charge in [0.2, 0.25) is 5.91 Å². The Kier molecular flexibility index (Phi) is 2.68. The van der Waals surface area contributed by atoms with Crippen LogP contribution in [0.3, 0.4) is 0 Å². The summed E-state index contributed by atoms with van der Waals surface area (Å²) in [6.45, 7) is -0.0892. The predicted octanol–water partition coefficient (Wildman–Crippen LogP) is 1.03. The molecule has 0 aromatic heterocycles. The molecule has 0 spiro atoms. The molecule has 0 saturated heterocycles. The van der Waals surface area contributed by atoms with Gasteiger partial charge in [-0.3, -0.25) is 4.79 Å². The number of amides is 1. The number of rotatable bonds is 1. The van der Waals surface area contributed by atoms with Crippen molar-refractivity contribution in [1.82, 2.24) is 4.90 Å². The highest BCUT2D eigenvalue weighted by molar-refractivity contribution is 5.72. The van der Waals surface area contributed by atoms with Gasteiger partial charge in [0.25, 0.3) is 0 Å². The van der Waals surface area contributed by atoms with Crippen molar-refractivity contribution in [2.75, 3.05) is 13.6 Å². The van der Waals surface area contributed by atoms with Crippen LogP contribution < -0.4 is 0 Å². The van der Waals surface area contributed by atoms with Crippen LogP contribution in [0, 0.1) is 0 Å². The summed E-state index contributed by atoms with van der Waals surface area (Å²) in [5.41, 5.74) is 0. The van der Waals surface area contributed by atoms with Gasteiger partial charge in [0.15, 0.2) is 0 Å². The van der Waals surface area contributed by atoms with Crippen LogP contribution in [0.25, 0.3) is 0 Å². The maximum absolute atomic E-state index is 11.5. The number of carbonyl (C=O) groups is 1. The molecule has 0 N–H and O–H groups in total. The Morgan fingerprint density at radius 1 is 1.50 bits per heavy atom. The molecule has 0 fully saturated rings. The number of hydrogen-bond acceptors (Lipinski definition) is 1. The Morgan fingerprint density at radius 2 is 1.90 bits per heavy atom. The molecule has 1 amide bonds. The van der Waals surface area contributed by atoms with E-state index in [1.54, 1.807) is 0 Å². The molecule has 0 saturated carbocycles. The molecule has 0 radical (unpaired) electrons. The molecule has 0 aliphatic rings. The van der Waals surface area contributed by atoms with Crippen LogP contribution in [-0.2, 0) is 4.79 Å². The van der Waals surface area contributed by atoms with E-state index in [9.17, 15) is 18.0 Å². The molecule has 60 valence electrons. The van der Waals surface area contributed by atoms with E-state index in [1.807, 2.05) is 0 Å². The molecule has 0 rings (SSSR count). The van der Waals surface area contributed by atoms with E-state index in [4.69, 9.17) is 0 Å². The van der Waals surface area contributed by atoms with E-state index < -0.39 is 18.6 Å². The molecule has 10 heavy (non-hydrogen) atoms. The van der Waals surface area contributed by atoms with Gasteiger partial charge in [-0.2, -0.15) is 13.2 Å². The van der Waals surface area contributed by atoms with Crippen molar-refractivity contribution < 1.29 is 18.0 Å². The Hall–Kier alpha value is -0.740. The average molecular weight is 155 g/mol. The van der Waals surface area contributed by atoms with E-state index in [2.05, 4.69) is 0 Å². The summed E-state index contributed by atoms with van der Waals surface area (Å²) >= 11 is 0. The summed E-state index contributed by atoms with van der Waals surface area (Å²) in [5, 5.41) is 0. The molecule has 2 nitrogen and oxygen atoms in total. The Labute approximate surface area is 56.6 Å². The average Bonchev–Trinajstić information content (AvgIpc) is 1.60. The van der Waals surface area contributed by atoms with Gasteiger partial charge in [-0.15, -0.1) is 0 Å². The van der Waals surface area contributed by atoms with E-state index in [1.165, 1.54) is 0 Å². The Morgan fingerprint density at radius 3 is 2.00 bits per heavy atom. The van der Waals surface area contributed by atoms with Gasteiger partial charge in [0.1, 0.15) is 6.54 Å². The summed E-state index contributed by atoms with van der Waals surface area (Å²) in [6.07, 6.45) is -4.29. The third kappa shape index (κ3) is 4.17. The zero-order valence-corrected chi connectivity index (χ0v) is 5.70. The minimum absolute atomic E-state index is 0.586. The first kappa shape index (κ1) is 9.26. The predicted molar refractivity (Wildman–Crippen MR) is 29.4 cm³/mol. The normalized spacial score (nSPS) is 11.3. The first-order chi connectivity index (χ1) is 4.33. The molecule has 0 atom stereocenters. The van der Waals surface area contributed by atoms with Crippen LogP contribution in [-0.4, -0.2) is 30.6 Å². The van der Waals surface area contributed by atoms with Crippen molar-refractivity contribution in [3.8, 4) is 0 Å². The summed E-state index contributed by atoms with van der Waals surface area (Å²) in [4.78, 5) is 10.9. The van der Waals surface area contributed by atoms with Crippen LogP contribution in [0.5, 0.6) is 0 Å². The van der Waals surface area contributed by atoms with E-state index in [-0.39, 0.29) is 0 Å². The van der Waals surface area contributed by atoms with Crippen molar-refractivity contribution in [1.29, 1.82) is 0 Å². The standard InChI is InChI=1S/C5H8F3NO/c1-4(10)9(2)3-5(6,7)8/h3H2,1-2H3. The minimum atomic E-state index is -4.29. The lowest BCUT2D eigenvalue weighted by Gasteiger charge is -2.16. The fourth-order valence-electron chi connectivity index (χ4n) is 0.380. The first-order valence-corrected chi connectivity index (χ1v) is 2.61. The number of hydrogen-bond donors (Lipinski definition) is 0. The third-order valence-corrected chi connectivity index (χ3v) is 0.954. The maximum Gasteiger partial charge on any atom is 0.406 e. The van der Waals surface area contributed by atoms with Crippen LogP contribution in [0.1, 0.15) is 6.92 Å². The molecule has 0 aromatic carbocycles. The number of alkyl halides is 3. The quantitative estimate of drug-likeness (QED) is 0.553. The van der Waals surface area contributed by atoms with Crippen LogP contribution >= 0.6 is 0 Å². The fraction of sp³-hybridized carbons (Fsp3) is 0.800. The minimum Gasteiger partial charge on any atom is -0.337 e. The summed E-state index contributed by atoms with van der Waals surface area (Å²) in [5.74, 6) is -0.586. The highest BCUT2D eigenvalue weighted by atomic mass is 19.4. The summed E-state index contributed by atoms with van der Waals surface area (Å²) < 4.78 is 34.4. The van der Waals surface area contributed by atoms with Gasteiger partial charge >= 0.3 is 6.18 Å². The third-order valence-electron chi connectivity index (χ3n) is 0.954. The molecular formula is C5H8F3NO. The number of halogens is 3. The van der Waals surface area contributed by atoms with Gasteiger partial charge < -0.3 is 4.90 Å². The van der Waals surface area contributed by atoms with Gasteiger partial charge in [0.05, 0.1) is 0 Å². The smallest absolute Gasteiger partial charge is 0.337 e. The lowest BCUT2D eigenvalue weighted by molar-refractivity contribution is -0.157. The molecule has 0 aliphatic carbocycles. The lowest BCUT2D eigenvalue weighted by Crippen LogP contribution is -2.34. The molecule has 5 heteroatoms. The second-order valence-electron chi connectivity index (χ2n) is 1.99. The molecule has 0 bridgehead atoms. The van der Waals surface area contributed by atoms with Crippen molar-refractivity contribution in [3.05, 3.63) is 0 Å². The first-order valence-electron chi connectivity index (χ1n) is 2.61. The summed E-state index contributed by atoms with van der Waals surface area (Å²) in [6, 6.07) is 0. The molecule has 0 heterocycles. The number of carbonyl (C=O) groups excluding carboxylic acids is 1. The SMILES string of the molecule is CC(=O)N(C)CC(F)(F)F. The van der Waals surface area contributed by atoms with E-state index in [0.29, 0.717) is 4.90 Å². The summed E-state index contributed by atoms with van der Waals surface area (Å²) in [7, 11) is 1.11. The zero-order valence-electron chi connectivity index (χ0n) is 5.70. The number of nitrogens with zero attached hydrogens (tertiary/aromatic N) is 1. The zero-order chi connectivity index (χ0) is 8.36. The highest BCUT2D eigenvalue weighted by Crippen LogP contribution is 2.15. The molecule has 0 unspecified atom stereocenters. The molecule has 0 aromatic rings. The maximum atomic E-state index is 11.5. The second kappa shape index (κ2) is 2.90. The van der Waals surface area contributed by atoms with Crippen LogP contribution in [0.15, 0.2) is 0 Å². The second-order valence-corrected chi connectivity index (χ2v) is 1.99. The van der Waals surface area contributed by atoms with Crippen molar-refractivity contribution >= 4 is 5.91 Å². The van der Waals surface area contributed by atoms with E-state index >= 15 is 0 Å². The van der Waals surface area contributed by atoms with Crippen molar-refractivity contribution in [3.63, 3.8) is 0 Å². The van der Waals surface area contributed by atoms with Crippen LogP contribution in [0.2, 0.25) is 0 Å². The van der Waals surface area contributed by atoms with Gasteiger partial charge in [-0.25, -0.2) is 0 Å². The van der Waals surface area contributed by atoms with Gasteiger partial charge in [-0.05, 0) is 0 Å². The lowest BCUT2D eigenvalue weighted by atomic mass is 10.5. The van der Waals surface area contributed by atoms with Crippen molar-refractivity contribution in [2.45, 2.75) is 13.1 Å². The Balaban J connectivity index is 3.80. The molecular weight excluding hydrogens is 147 g/mol. The fourth-order valence-corrected chi connectivity index (χ4v) is 0.380.